The summed E-state index contributed by atoms with van der Waals surface area (Å²) in [7, 11) is 0. The largest absolute Gasteiger partial charge is 0.335 e. The second-order valence-electron chi connectivity index (χ2n) is 7.11. The number of benzene rings is 2. The van der Waals surface area contributed by atoms with Crippen molar-refractivity contribution in [1.29, 1.82) is 0 Å². The van der Waals surface area contributed by atoms with Crippen LogP contribution in [0.4, 0.5) is 5.69 Å². The molecule has 0 aromatic heterocycles. The van der Waals surface area contributed by atoms with Crippen molar-refractivity contribution in [3.63, 3.8) is 0 Å². The zero-order valence-electron chi connectivity index (χ0n) is 17.1. The van der Waals surface area contributed by atoms with Crippen LogP contribution in [0.5, 0.6) is 0 Å². The number of allylic oxidation sites excluding steroid dienone is 2. The topological polar surface area (TPSA) is 23.6 Å². The Balaban J connectivity index is 1.58. The van der Waals surface area contributed by atoms with Crippen molar-refractivity contribution < 1.29 is 4.79 Å². The van der Waals surface area contributed by atoms with Crippen LogP contribution in [0.2, 0.25) is 0 Å². The second-order valence-corrected chi connectivity index (χ2v) is 9.85. The van der Waals surface area contributed by atoms with Crippen LogP contribution in [0, 0.1) is 0 Å². The third-order valence-electron chi connectivity index (χ3n) is 5.14. The van der Waals surface area contributed by atoms with Crippen molar-refractivity contribution in [2.75, 3.05) is 18.0 Å². The van der Waals surface area contributed by atoms with E-state index in [2.05, 4.69) is 67.3 Å². The van der Waals surface area contributed by atoms with Gasteiger partial charge in [0.05, 0.1) is 15.6 Å². The number of thiocarbonyl (C=S) groups is 1. The number of thioether (sulfide) groups is 2. The lowest BCUT2D eigenvalue weighted by Crippen LogP contribution is -2.28. The molecule has 2 aliphatic rings. The number of rotatable bonds is 6. The van der Waals surface area contributed by atoms with E-state index in [1.165, 1.54) is 33.5 Å². The van der Waals surface area contributed by atoms with Crippen molar-refractivity contribution >= 4 is 51.7 Å². The molecular weight excluding hydrogens is 428 g/mol. The Kier molecular flexibility index (Phi) is 6.66. The molecule has 1 fully saturated rings. The summed E-state index contributed by atoms with van der Waals surface area (Å²) in [4.78, 5) is 18.7. The summed E-state index contributed by atoms with van der Waals surface area (Å²) >= 11 is 8.56. The molecule has 2 aliphatic heterocycles. The predicted octanol–water partition coefficient (Wildman–Crippen LogP) is 6.67. The molecule has 4 rings (SSSR count). The molecule has 0 N–H and O–H groups in total. The van der Waals surface area contributed by atoms with Gasteiger partial charge in [0.1, 0.15) is 4.32 Å². The Morgan fingerprint density at radius 3 is 2.50 bits per heavy atom. The number of anilines is 1. The van der Waals surface area contributed by atoms with Gasteiger partial charge in [-0.3, -0.25) is 9.69 Å². The van der Waals surface area contributed by atoms with Crippen molar-refractivity contribution in [2.45, 2.75) is 31.6 Å². The van der Waals surface area contributed by atoms with Gasteiger partial charge in [0, 0.05) is 18.0 Å². The standard InChI is InChI=1S/C24H24N2OS3/c1-3-5-15-26-23(27)21(30-24(26)28)13-14-22-25(4-2)19-16-18(11-12-20(19)29-22)17-9-7-6-8-10-17/h6-14,16H,3-5,15H2,1-2H3/b21-13-,22-14+. The molecule has 2 heterocycles. The SMILES string of the molecule is CCCCN1C(=O)/C(=C/C=C2/Sc3ccc(-c4ccccc4)cc3N2CC)SC1=S. The van der Waals surface area contributed by atoms with Crippen LogP contribution in [-0.4, -0.2) is 28.2 Å². The fourth-order valence-electron chi connectivity index (χ4n) is 3.53. The lowest BCUT2D eigenvalue weighted by atomic mass is 10.0. The minimum atomic E-state index is 0.0326. The van der Waals surface area contributed by atoms with Gasteiger partial charge in [-0.25, -0.2) is 0 Å². The van der Waals surface area contributed by atoms with Crippen molar-refractivity contribution in [2.24, 2.45) is 0 Å². The first-order valence-electron chi connectivity index (χ1n) is 10.2. The average molecular weight is 453 g/mol. The molecule has 3 nitrogen and oxygen atoms in total. The quantitative estimate of drug-likeness (QED) is 0.360. The molecule has 2 aromatic rings. The molecule has 154 valence electrons. The maximum atomic E-state index is 12.7. The normalized spacial score (nSPS) is 18.7. The molecule has 30 heavy (non-hydrogen) atoms. The van der Waals surface area contributed by atoms with E-state index in [1.54, 1.807) is 16.7 Å². The predicted molar refractivity (Wildman–Crippen MR) is 134 cm³/mol. The Morgan fingerprint density at radius 1 is 0.967 bits per heavy atom. The second kappa shape index (κ2) is 9.41. The summed E-state index contributed by atoms with van der Waals surface area (Å²) in [6.45, 7) is 5.85. The van der Waals surface area contributed by atoms with E-state index in [1.807, 2.05) is 12.1 Å². The number of unbranched alkanes of at least 4 members (excludes halogenated alkanes) is 1. The highest BCUT2D eigenvalue weighted by Crippen LogP contribution is 2.47. The Hall–Kier alpha value is -2.02. The van der Waals surface area contributed by atoms with Crippen LogP contribution in [0.1, 0.15) is 26.7 Å². The van der Waals surface area contributed by atoms with Gasteiger partial charge in [0.15, 0.2) is 0 Å². The van der Waals surface area contributed by atoms with Gasteiger partial charge < -0.3 is 4.90 Å². The van der Waals surface area contributed by atoms with E-state index in [9.17, 15) is 4.79 Å². The molecular formula is C24H24N2OS3. The molecule has 0 saturated carbocycles. The molecule has 0 unspecified atom stereocenters. The zero-order chi connectivity index (χ0) is 21.1. The first kappa shape index (κ1) is 21.2. The zero-order valence-corrected chi connectivity index (χ0v) is 19.6. The Labute approximate surface area is 192 Å². The van der Waals surface area contributed by atoms with E-state index in [4.69, 9.17) is 12.2 Å². The van der Waals surface area contributed by atoms with E-state index in [0.29, 0.717) is 15.8 Å². The maximum Gasteiger partial charge on any atom is 0.266 e. The van der Waals surface area contributed by atoms with Gasteiger partial charge in [-0.15, -0.1) is 0 Å². The summed E-state index contributed by atoms with van der Waals surface area (Å²) in [6, 6.07) is 17.1. The average Bonchev–Trinajstić information content (AvgIpc) is 3.26. The molecule has 0 bridgehead atoms. The van der Waals surface area contributed by atoms with Gasteiger partial charge >= 0.3 is 0 Å². The first-order chi connectivity index (χ1) is 14.6. The summed E-state index contributed by atoms with van der Waals surface area (Å²) in [5, 5.41) is 1.14. The van der Waals surface area contributed by atoms with Crippen LogP contribution in [0.15, 0.2) is 75.5 Å². The third-order valence-corrected chi connectivity index (χ3v) is 7.67. The fraction of sp³-hybridized carbons (Fsp3) is 0.250. The molecule has 0 aliphatic carbocycles. The van der Waals surface area contributed by atoms with Crippen LogP contribution in [-0.2, 0) is 4.79 Å². The number of carbonyl (C=O) groups is 1. The lowest BCUT2D eigenvalue weighted by molar-refractivity contribution is -0.122. The van der Waals surface area contributed by atoms with Crippen LogP contribution in [0.3, 0.4) is 0 Å². The van der Waals surface area contributed by atoms with Crippen LogP contribution >= 0.6 is 35.7 Å². The third kappa shape index (κ3) is 4.22. The highest BCUT2D eigenvalue weighted by molar-refractivity contribution is 8.26. The molecule has 0 radical (unpaired) electrons. The van der Waals surface area contributed by atoms with Gasteiger partial charge in [0.25, 0.3) is 5.91 Å². The minimum Gasteiger partial charge on any atom is -0.335 e. The molecule has 2 aromatic carbocycles. The van der Waals surface area contributed by atoms with Gasteiger partial charge in [-0.1, -0.05) is 85.5 Å². The summed E-state index contributed by atoms with van der Waals surface area (Å²) in [6.07, 6.45) is 6.01. The van der Waals surface area contributed by atoms with E-state index in [0.717, 1.165) is 24.4 Å². The number of hydrogen-bond donors (Lipinski definition) is 0. The van der Waals surface area contributed by atoms with Gasteiger partial charge in [-0.05, 0) is 48.8 Å². The molecule has 6 heteroatoms. The summed E-state index contributed by atoms with van der Waals surface area (Å²) < 4.78 is 0.667. The van der Waals surface area contributed by atoms with Gasteiger partial charge in [-0.2, -0.15) is 0 Å². The van der Waals surface area contributed by atoms with E-state index >= 15 is 0 Å². The Morgan fingerprint density at radius 2 is 1.77 bits per heavy atom. The number of amides is 1. The van der Waals surface area contributed by atoms with Crippen molar-refractivity contribution in [1.82, 2.24) is 4.90 Å². The van der Waals surface area contributed by atoms with Crippen LogP contribution < -0.4 is 4.90 Å². The number of hydrogen-bond acceptors (Lipinski definition) is 5. The minimum absolute atomic E-state index is 0.0326. The van der Waals surface area contributed by atoms with Crippen LogP contribution in [0.25, 0.3) is 11.1 Å². The lowest BCUT2D eigenvalue weighted by Gasteiger charge is -2.18. The summed E-state index contributed by atoms with van der Waals surface area (Å²) in [5.41, 5.74) is 3.65. The monoisotopic (exact) mass is 452 g/mol. The Bertz CT molecular complexity index is 1030. The fourth-order valence-corrected chi connectivity index (χ4v) is 5.89. The van der Waals surface area contributed by atoms with Crippen molar-refractivity contribution in [3.05, 3.63) is 70.6 Å². The number of carbonyl (C=O) groups excluding carboxylic acids is 1. The highest BCUT2D eigenvalue weighted by atomic mass is 32.2. The smallest absolute Gasteiger partial charge is 0.266 e. The van der Waals surface area contributed by atoms with E-state index < -0.39 is 0 Å². The highest BCUT2D eigenvalue weighted by Gasteiger charge is 2.31. The number of nitrogens with zero attached hydrogens (tertiary/aromatic N) is 2. The maximum absolute atomic E-state index is 12.7. The molecule has 0 atom stereocenters. The molecule has 1 amide bonds. The van der Waals surface area contributed by atoms with Crippen molar-refractivity contribution in [3.8, 4) is 11.1 Å². The van der Waals surface area contributed by atoms with E-state index in [-0.39, 0.29) is 5.91 Å². The van der Waals surface area contributed by atoms with Gasteiger partial charge in [0.2, 0.25) is 0 Å². The molecule has 1 saturated heterocycles. The number of fused-ring (bicyclic) bond motifs is 1. The summed E-state index contributed by atoms with van der Waals surface area (Å²) in [5.74, 6) is 0.0326. The molecule has 0 spiro atoms. The first-order valence-corrected chi connectivity index (χ1v) is 12.3.